The predicted molar refractivity (Wildman–Crippen MR) is 53.2 cm³/mol. The van der Waals surface area contributed by atoms with Crippen LogP contribution in [0.1, 0.15) is 39.5 Å². The van der Waals surface area contributed by atoms with Gasteiger partial charge in [-0.25, -0.2) is 0 Å². The normalized spacial score (nSPS) is 20.0. The Hall–Kier alpha value is -0.0800. The summed E-state index contributed by atoms with van der Waals surface area (Å²) in [6.45, 7) is 6.81. The van der Waals surface area contributed by atoms with Crippen LogP contribution in [0.15, 0.2) is 0 Å². The maximum atomic E-state index is 5.69. The second-order valence-corrected chi connectivity index (χ2v) is 3.98. The Balaban J connectivity index is 2.02. The molecule has 12 heavy (non-hydrogen) atoms. The molecule has 0 radical (unpaired) electrons. The first-order valence-electron chi connectivity index (χ1n) is 5.23. The fourth-order valence-electron chi connectivity index (χ4n) is 1.65. The van der Waals surface area contributed by atoms with Crippen LogP contribution in [0.2, 0.25) is 0 Å². The van der Waals surface area contributed by atoms with Crippen LogP contribution in [0.3, 0.4) is 0 Å². The molecule has 2 nitrogen and oxygen atoms in total. The Morgan fingerprint density at radius 3 is 2.58 bits per heavy atom. The zero-order valence-electron chi connectivity index (χ0n) is 8.42. The van der Waals surface area contributed by atoms with Crippen LogP contribution in [0, 0.1) is 0 Å². The summed E-state index contributed by atoms with van der Waals surface area (Å²) in [5.74, 6) is 0. The Morgan fingerprint density at radius 1 is 1.50 bits per heavy atom. The zero-order valence-corrected chi connectivity index (χ0v) is 8.42. The molecule has 72 valence electrons. The summed E-state index contributed by atoms with van der Waals surface area (Å²) in [5.41, 5.74) is 5.69. The lowest BCUT2D eigenvalue weighted by Gasteiger charge is -2.19. The zero-order chi connectivity index (χ0) is 8.97. The molecule has 1 unspecified atom stereocenters. The highest BCUT2D eigenvalue weighted by Crippen LogP contribution is 2.26. The summed E-state index contributed by atoms with van der Waals surface area (Å²) in [7, 11) is 0. The molecule has 1 atom stereocenters. The van der Waals surface area contributed by atoms with Crippen LogP contribution >= 0.6 is 0 Å². The molecule has 1 aliphatic carbocycles. The maximum absolute atomic E-state index is 5.69. The average Bonchev–Trinajstić information content (AvgIpc) is 2.80. The smallest absolute Gasteiger partial charge is 0.00963 e. The van der Waals surface area contributed by atoms with Gasteiger partial charge >= 0.3 is 0 Å². The summed E-state index contributed by atoms with van der Waals surface area (Å²) in [6.07, 6.45) is 5.28. The van der Waals surface area contributed by atoms with Gasteiger partial charge in [-0.15, -0.1) is 0 Å². The summed E-state index contributed by atoms with van der Waals surface area (Å²) < 4.78 is 0. The number of hydrogen-bond donors (Lipinski definition) is 1. The largest absolute Gasteiger partial charge is 0.328 e. The van der Waals surface area contributed by atoms with Crippen molar-refractivity contribution >= 4 is 0 Å². The number of nitrogens with zero attached hydrogens (tertiary/aromatic N) is 1. The van der Waals surface area contributed by atoms with Crippen LogP contribution in [-0.2, 0) is 0 Å². The van der Waals surface area contributed by atoms with E-state index < -0.39 is 0 Å². The Bertz CT molecular complexity index is 119. The van der Waals surface area contributed by atoms with E-state index in [2.05, 4.69) is 18.7 Å². The van der Waals surface area contributed by atoms with Gasteiger partial charge in [0, 0.05) is 12.1 Å². The van der Waals surface area contributed by atoms with Gasteiger partial charge < -0.3 is 10.6 Å². The van der Waals surface area contributed by atoms with Crippen molar-refractivity contribution < 1.29 is 0 Å². The summed E-state index contributed by atoms with van der Waals surface area (Å²) in [6, 6.07) is 1.30. The molecule has 0 aromatic carbocycles. The van der Waals surface area contributed by atoms with Gasteiger partial charge in [0.05, 0.1) is 0 Å². The molecule has 1 saturated carbocycles. The molecule has 0 aromatic heterocycles. The first-order chi connectivity index (χ1) is 5.74. The van der Waals surface area contributed by atoms with Gasteiger partial charge in [-0.05, 0) is 45.7 Å². The van der Waals surface area contributed by atoms with Crippen LogP contribution < -0.4 is 5.73 Å². The molecular weight excluding hydrogens is 148 g/mol. The molecule has 0 bridgehead atoms. The predicted octanol–water partition coefficient (Wildman–Crippen LogP) is 1.60. The van der Waals surface area contributed by atoms with Crippen LogP contribution in [0.5, 0.6) is 0 Å². The van der Waals surface area contributed by atoms with Crippen molar-refractivity contribution in [3.05, 3.63) is 0 Å². The van der Waals surface area contributed by atoms with Gasteiger partial charge in [-0.1, -0.05) is 6.92 Å². The van der Waals surface area contributed by atoms with E-state index >= 15 is 0 Å². The Labute approximate surface area is 76.1 Å². The lowest BCUT2D eigenvalue weighted by Crippen LogP contribution is -2.28. The highest BCUT2D eigenvalue weighted by Gasteiger charge is 2.26. The molecule has 1 fully saturated rings. The Kier molecular flexibility index (Phi) is 4.02. The van der Waals surface area contributed by atoms with Crippen molar-refractivity contribution in [2.45, 2.75) is 51.6 Å². The van der Waals surface area contributed by atoms with Crippen molar-refractivity contribution in [2.24, 2.45) is 5.73 Å². The molecule has 0 heterocycles. The number of hydrogen-bond acceptors (Lipinski definition) is 2. The van der Waals surface area contributed by atoms with E-state index in [1.807, 2.05) is 0 Å². The van der Waals surface area contributed by atoms with Crippen molar-refractivity contribution in [1.82, 2.24) is 4.90 Å². The van der Waals surface area contributed by atoms with Crippen LogP contribution in [-0.4, -0.2) is 30.1 Å². The quantitative estimate of drug-likeness (QED) is 0.656. The second-order valence-electron chi connectivity index (χ2n) is 3.98. The fourth-order valence-corrected chi connectivity index (χ4v) is 1.65. The standard InChI is InChI=1S/C10H22N2/c1-3-12(10-6-7-10)8-4-5-9(2)11/h9-10H,3-8,11H2,1-2H3. The van der Waals surface area contributed by atoms with Crippen molar-refractivity contribution in [3.63, 3.8) is 0 Å². The van der Waals surface area contributed by atoms with Crippen LogP contribution in [0.4, 0.5) is 0 Å². The average molecular weight is 170 g/mol. The SMILES string of the molecule is CCN(CCCC(C)N)C1CC1. The van der Waals surface area contributed by atoms with E-state index in [1.54, 1.807) is 0 Å². The molecule has 0 saturated heterocycles. The molecule has 0 aliphatic heterocycles. The number of rotatable bonds is 6. The van der Waals surface area contributed by atoms with Gasteiger partial charge in [0.2, 0.25) is 0 Å². The topological polar surface area (TPSA) is 29.3 Å². The third-order valence-corrected chi connectivity index (χ3v) is 2.57. The third-order valence-electron chi connectivity index (χ3n) is 2.57. The van der Waals surface area contributed by atoms with E-state index in [1.165, 1.54) is 38.8 Å². The lowest BCUT2D eigenvalue weighted by atomic mass is 10.2. The third kappa shape index (κ3) is 3.55. The van der Waals surface area contributed by atoms with Gasteiger partial charge in [-0.2, -0.15) is 0 Å². The minimum absolute atomic E-state index is 0.378. The minimum atomic E-state index is 0.378. The summed E-state index contributed by atoms with van der Waals surface area (Å²) in [4.78, 5) is 2.59. The monoisotopic (exact) mass is 170 g/mol. The van der Waals surface area contributed by atoms with Crippen molar-refractivity contribution in [2.75, 3.05) is 13.1 Å². The van der Waals surface area contributed by atoms with Crippen LogP contribution in [0.25, 0.3) is 0 Å². The van der Waals surface area contributed by atoms with E-state index in [0.717, 1.165) is 6.04 Å². The molecule has 1 rings (SSSR count). The molecule has 2 N–H and O–H groups in total. The molecular formula is C10H22N2. The van der Waals surface area contributed by atoms with E-state index in [4.69, 9.17) is 5.73 Å². The number of nitrogens with two attached hydrogens (primary N) is 1. The van der Waals surface area contributed by atoms with Gasteiger partial charge in [-0.3, -0.25) is 0 Å². The van der Waals surface area contributed by atoms with Gasteiger partial charge in [0.1, 0.15) is 0 Å². The molecule has 0 aromatic rings. The van der Waals surface area contributed by atoms with Crippen molar-refractivity contribution in [3.8, 4) is 0 Å². The highest BCUT2D eigenvalue weighted by molar-refractivity contribution is 4.83. The molecule has 2 heteroatoms. The first kappa shape index (κ1) is 10.0. The van der Waals surface area contributed by atoms with E-state index in [9.17, 15) is 0 Å². The van der Waals surface area contributed by atoms with E-state index in [-0.39, 0.29) is 0 Å². The second kappa shape index (κ2) is 4.83. The summed E-state index contributed by atoms with van der Waals surface area (Å²) >= 11 is 0. The molecule has 1 aliphatic rings. The van der Waals surface area contributed by atoms with Gasteiger partial charge in [0.15, 0.2) is 0 Å². The van der Waals surface area contributed by atoms with Crippen molar-refractivity contribution in [1.29, 1.82) is 0 Å². The van der Waals surface area contributed by atoms with E-state index in [0.29, 0.717) is 6.04 Å². The maximum Gasteiger partial charge on any atom is 0.00963 e. The summed E-state index contributed by atoms with van der Waals surface area (Å²) in [5, 5.41) is 0. The first-order valence-corrected chi connectivity index (χ1v) is 5.23. The van der Waals surface area contributed by atoms with Gasteiger partial charge in [0.25, 0.3) is 0 Å². The molecule has 0 amide bonds. The highest BCUT2D eigenvalue weighted by atomic mass is 15.2. The minimum Gasteiger partial charge on any atom is -0.328 e. The lowest BCUT2D eigenvalue weighted by molar-refractivity contribution is 0.269. The molecule has 0 spiro atoms. The fraction of sp³-hybridized carbons (Fsp3) is 1.00. The Morgan fingerprint density at radius 2 is 2.17 bits per heavy atom.